The van der Waals surface area contributed by atoms with Gasteiger partial charge in [-0.1, -0.05) is 43.0 Å². The van der Waals surface area contributed by atoms with E-state index in [0.29, 0.717) is 16.7 Å². The average molecular weight is 415 g/mol. The Morgan fingerprint density at radius 3 is 2.56 bits per heavy atom. The Morgan fingerprint density at radius 1 is 1.26 bits per heavy atom. The minimum absolute atomic E-state index is 0.192. The molecule has 1 atom stereocenters. The average Bonchev–Trinajstić information content (AvgIpc) is 2.85. The lowest BCUT2D eigenvalue weighted by Crippen LogP contribution is -2.23. The molecule has 2 aromatic rings. The molecule has 0 radical (unpaired) electrons. The first-order chi connectivity index (χ1) is 12.7. The highest BCUT2D eigenvalue weighted by atomic mass is 35.5. The van der Waals surface area contributed by atoms with E-state index in [4.69, 9.17) is 37.8 Å². The Morgan fingerprint density at radius 2 is 1.93 bits per heavy atom. The van der Waals surface area contributed by atoms with Gasteiger partial charge in [0.15, 0.2) is 11.9 Å². The highest BCUT2D eigenvalue weighted by Gasteiger charge is 2.20. The van der Waals surface area contributed by atoms with Crippen molar-refractivity contribution >= 4 is 29.2 Å². The fourth-order valence-corrected chi connectivity index (χ4v) is 3.14. The molecule has 0 saturated carbocycles. The van der Waals surface area contributed by atoms with Crippen LogP contribution in [0.25, 0.3) is 0 Å². The molecule has 0 fully saturated rings. The normalized spacial score (nSPS) is 12.1. The summed E-state index contributed by atoms with van der Waals surface area (Å²) in [6.07, 6.45) is 3.09. The number of aryl methyl sites for hydroxylation is 2. The molecule has 1 aromatic carbocycles. The van der Waals surface area contributed by atoms with Crippen molar-refractivity contribution in [1.29, 1.82) is 0 Å². The highest BCUT2D eigenvalue weighted by Crippen LogP contribution is 2.39. The van der Waals surface area contributed by atoms with E-state index in [-0.39, 0.29) is 10.8 Å². The van der Waals surface area contributed by atoms with Crippen molar-refractivity contribution in [3.63, 3.8) is 0 Å². The molecule has 0 aliphatic rings. The number of hydrogen-bond acceptors (Lipinski definition) is 4. The van der Waals surface area contributed by atoms with Gasteiger partial charge in [-0.15, -0.1) is 0 Å². The number of ether oxygens (including phenoxy) is 2. The smallest absolute Gasteiger partial charge is 0.344 e. The minimum Gasteiger partial charge on any atom is -0.479 e. The van der Waals surface area contributed by atoms with Crippen molar-refractivity contribution < 1.29 is 19.4 Å². The number of carbonyl (C=O) groups is 1. The maximum absolute atomic E-state index is 11.0. The number of nitrogens with zero attached hydrogens (tertiary/aromatic N) is 2. The van der Waals surface area contributed by atoms with E-state index in [0.717, 1.165) is 36.9 Å². The Bertz CT molecular complexity index is 821. The topological polar surface area (TPSA) is 73.6 Å². The van der Waals surface area contributed by atoms with Gasteiger partial charge >= 0.3 is 5.97 Å². The van der Waals surface area contributed by atoms with Gasteiger partial charge in [-0.3, -0.25) is 0 Å². The number of hydrogen-bond donors (Lipinski definition) is 1. The second-order valence-electron chi connectivity index (χ2n) is 6.36. The van der Waals surface area contributed by atoms with E-state index in [9.17, 15) is 4.79 Å². The summed E-state index contributed by atoms with van der Waals surface area (Å²) in [7, 11) is 1.80. The fraction of sp³-hybridized carbons (Fsp3) is 0.474. The molecule has 0 bridgehead atoms. The van der Waals surface area contributed by atoms with Crippen molar-refractivity contribution in [3.8, 4) is 17.4 Å². The molecule has 27 heavy (non-hydrogen) atoms. The van der Waals surface area contributed by atoms with Crippen LogP contribution in [0, 0.1) is 6.92 Å². The summed E-state index contributed by atoms with van der Waals surface area (Å²) in [5.41, 5.74) is 1.93. The molecule has 8 heteroatoms. The molecule has 1 heterocycles. The van der Waals surface area contributed by atoms with Crippen molar-refractivity contribution in [2.75, 3.05) is 0 Å². The van der Waals surface area contributed by atoms with Crippen LogP contribution in [0.2, 0.25) is 10.0 Å². The second kappa shape index (κ2) is 9.33. The molecule has 6 nitrogen and oxygen atoms in total. The minimum atomic E-state index is -1.09. The van der Waals surface area contributed by atoms with E-state index >= 15 is 0 Å². The molecule has 148 valence electrons. The third-order valence-electron chi connectivity index (χ3n) is 4.16. The summed E-state index contributed by atoms with van der Waals surface area (Å²) in [5, 5.41) is 14.0. The number of benzene rings is 1. The summed E-state index contributed by atoms with van der Waals surface area (Å²) >= 11 is 12.4. The number of halogens is 2. The van der Waals surface area contributed by atoms with Gasteiger partial charge in [-0.05, 0) is 32.8 Å². The van der Waals surface area contributed by atoms with Crippen LogP contribution < -0.4 is 9.47 Å². The van der Waals surface area contributed by atoms with Crippen LogP contribution in [0.4, 0.5) is 0 Å². The van der Waals surface area contributed by atoms with Crippen molar-refractivity contribution in [1.82, 2.24) is 9.78 Å². The molecule has 0 amide bonds. The van der Waals surface area contributed by atoms with Gasteiger partial charge in [0.25, 0.3) is 0 Å². The van der Waals surface area contributed by atoms with E-state index < -0.39 is 12.1 Å². The summed E-state index contributed by atoms with van der Waals surface area (Å²) < 4.78 is 13.1. The number of aliphatic carboxylic acids is 1. The summed E-state index contributed by atoms with van der Waals surface area (Å²) in [5.74, 6) is 0.0276. The molecule has 0 aliphatic heterocycles. The predicted molar refractivity (Wildman–Crippen MR) is 105 cm³/mol. The van der Waals surface area contributed by atoms with Gasteiger partial charge in [-0.2, -0.15) is 5.10 Å². The lowest BCUT2D eigenvalue weighted by Gasteiger charge is -2.15. The van der Waals surface area contributed by atoms with Crippen LogP contribution in [0.3, 0.4) is 0 Å². The number of unbranched alkanes of at least 4 members (excludes halogenated alkanes) is 2. The first-order valence-electron chi connectivity index (χ1n) is 8.83. The monoisotopic (exact) mass is 414 g/mol. The number of carboxylic acid groups (broad SMARTS) is 1. The molecule has 0 spiro atoms. The van der Waals surface area contributed by atoms with E-state index in [1.165, 1.54) is 19.1 Å². The number of carboxylic acids is 1. The third-order valence-corrected chi connectivity index (χ3v) is 4.75. The summed E-state index contributed by atoms with van der Waals surface area (Å²) in [4.78, 5) is 11.0. The summed E-state index contributed by atoms with van der Waals surface area (Å²) in [6.45, 7) is 5.52. The standard InChI is InChI=1S/C19H24Cl2N2O4/c1-5-6-7-8-13-11(2)22-23(4)18(13)27-17-10-16(14(20)9-15(17)21)26-12(3)19(24)25/h9-10,12H,5-8H2,1-4H3,(H,24,25)/t12-/m0/s1. The molecule has 1 N–H and O–H groups in total. The maximum atomic E-state index is 11.0. The van der Waals surface area contributed by atoms with Gasteiger partial charge in [0.05, 0.1) is 15.7 Å². The Kier molecular flexibility index (Phi) is 7.39. The molecular weight excluding hydrogens is 391 g/mol. The van der Waals surface area contributed by atoms with E-state index in [1.54, 1.807) is 11.7 Å². The first-order valence-corrected chi connectivity index (χ1v) is 9.59. The van der Waals surface area contributed by atoms with Crippen molar-refractivity contribution in [2.45, 2.75) is 52.6 Å². The van der Waals surface area contributed by atoms with Crippen LogP contribution >= 0.6 is 23.2 Å². The SMILES string of the molecule is CCCCCc1c(C)nn(C)c1Oc1cc(O[C@@H](C)C(=O)O)c(Cl)cc1Cl. The Labute approximate surface area is 169 Å². The zero-order valence-corrected chi connectivity index (χ0v) is 17.4. The van der Waals surface area contributed by atoms with Gasteiger partial charge in [0.2, 0.25) is 5.88 Å². The summed E-state index contributed by atoms with van der Waals surface area (Å²) in [6, 6.07) is 2.98. The number of rotatable bonds is 9. The van der Waals surface area contributed by atoms with Gasteiger partial charge in [-0.25, -0.2) is 9.48 Å². The Hall–Kier alpha value is -1.92. The second-order valence-corrected chi connectivity index (χ2v) is 7.18. The van der Waals surface area contributed by atoms with Gasteiger partial charge < -0.3 is 14.6 Å². The largest absolute Gasteiger partial charge is 0.479 e. The van der Waals surface area contributed by atoms with Crippen LogP contribution in [0.1, 0.15) is 44.4 Å². The lowest BCUT2D eigenvalue weighted by molar-refractivity contribution is -0.144. The molecule has 0 aliphatic carbocycles. The quantitative estimate of drug-likeness (QED) is 0.554. The van der Waals surface area contributed by atoms with E-state index in [2.05, 4.69) is 12.0 Å². The predicted octanol–water partition coefficient (Wildman–Crippen LogP) is 5.41. The van der Waals surface area contributed by atoms with Crippen LogP contribution in [0.15, 0.2) is 12.1 Å². The third kappa shape index (κ3) is 5.30. The molecule has 0 unspecified atom stereocenters. The zero-order valence-electron chi connectivity index (χ0n) is 15.9. The fourth-order valence-electron chi connectivity index (χ4n) is 2.67. The van der Waals surface area contributed by atoms with Gasteiger partial charge in [0.1, 0.15) is 5.75 Å². The van der Waals surface area contributed by atoms with Crippen LogP contribution in [-0.4, -0.2) is 27.0 Å². The van der Waals surface area contributed by atoms with Crippen LogP contribution in [-0.2, 0) is 18.3 Å². The first kappa shape index (κ1) is 21.4. The Balaban J connectivity index is 2.33. The zero-order chi connectivity index (χ0) is 20.1. The van der Waals surface area contributed by atoms with Crippen molar-refractivity contribution in [2.24, 2.45) is 7.05 Å². The lowest BCUT2D eigenvalue weighted by atomic mass is 10.1. The molecule has 2 rings (SSSR count). The van der Waals surface area contributed by atoms with Crippen LogP contribution in [0.5, 0.6) is 17.4 Å². The highest BCUT2D eigenvalue weighted by molar-refractivity contribution is 6.36. The molecule has 1 aromatic heterocycles. The maximum Gasteiger partial charge on any atom is 0.344 e. The molecular formula is C19H24Cl2N2O4. The van der Waals surface area contributed by atoms with Gasteiger partial charge in [0, 0.05) is 18.7 Å². The van der Waals surface area contributed by atoms with E-state index in [1.807, 2.05) is 6.92 Å². The van der Waals surface area contributed by atoms with Crippen molar-refractivity contribution in [3.05, 3.63) is 33.4 Å². The molecule has 0 saturated heterocycles. The number of aromatic nitrogens is 2.